The third-order valence-corrected chi connectivity index (χ3v) is 10.3. The highest BCUT2D eigenvalue weighted by Gasteiger charge is 2.52. The molecule has 5 rings (SSSR count). The van der Waals surface area contributed by atoms with E-state index in [9.17, 15) is 51.1 Å². The molecule has 5 fully saturated rings. The van der Waals surface area contributed by atoms with Crippen molar-refractivity contribution in [2.75, 3.05) is 78.9 Å². The van der Waals surface area contributed by atoms with Crippen molar-refractivity contribution >= 4 is 0 Å². The van der Waals surface area contributed by atoms with Gasteiger partial charge in [-0.25, -0.2) is 0 Å². The van der Waals surface area contributed by atoms with Crippen LogP contribution in [0.2, 0.25) is 0 Å². The molecule has 10 N–H and O–H groups in total. The van der Waals surface area contributed by atoms with Gasteiger partial charge in [0, 0.05) is 39.3 Å². The maximum Gasteiger partial charge on any atom is 0.187 e. The largest absolute Gasteiger partial charge is 0.394 e. The van der Waals surface area contributed by atoms with Gasteiger partial charge in [-0.2, -0.15) is 0 Å². The molecule has 17 unspecified atom stereocenters. The second kappa shape index (κ2) is 19.4. The van der Waals surface area contributed by atoms with Crippen molar-refractivity contribution in [1.82, 2.24) is 9.80 Å². The first-order valence-corrected chi connectivity index (χ1v) is 18.0. The topological polar surface area (TPSA) is 283 Å². The highest BCUT2D eigenvalue weighted by Crippen LogP contribution is 2.33. The van der Waals surface area contributed by atoms with E-state index < -0.39 is 124 Å². The van der Waals surface area contributed by atoms with Gasteiger partial charge in [0.05, 0.1) is 51.8 Å². The predicted octanol–water partition coefficient (Wildman–Crippen LogP) is -6.49. The number of ether oxygens (including phenoxy) is 8. The van der Waals surface area contributed by atoms with Crippen molar-refractivity contribution in [3.63, 3.8) is 0 Å². The van der Waals surface area contributed by atoms with Crippen LogP contribution in [-0.4, -0.2) is 244 Å². The van der Waals surface area contributed by atoms with Crippen LogP contribution >= 0.6 is 0 Å². The number of hydrogen-bond donors (Lipinski definition) is 10. The van der Waals surface area contributed by atoms with E-state index >= 15 is 0 Å². The lowest BCUT2D eigenvalue weighted by Gasteiger charge is -2.48. The van der Waals surface area contributed by atoms with Crippen LogP contribution in [0.1, 0.15) is 13.8 Å². The molecule has 0 aromatic rings. The molecule has 5 saturated heterocycles. The Morgan fingerprint density at radius 2 is 1.21 bits per heavy atom. The molecular weight excluding hydrogens is 700 g/mol. The van der Waals surface area contributed by atoms with Crippen LogP contribution in [0.4, 0.5) is 0 Å². The summed E-state index contributed by atoms with van der Waals surface area (Å²) in [6.07, 6.45) is -23.7. The minimum Gasteiger partial charge on any atom is -0.394 e. The molecule has 0 radical (unpaired) electrons. The zero-order chi connectivity index (χ0) is 37.7. The van der Waals surface area contributed by atoms with E-state index in [4.69, 9.17) is 37.9 Å². The van der Waals surface area contributed by atoms with Gasteiger partial charge >= 0.3 is 0 Å². The van der Waals surface area contributed by atoms with E-state index in [0.717, 1.165) is 19.6 Å². The third-order valence-electron chi connectivity index (χ3n) is 10.3. The molecule has 20 nitrogen and oxygen atoms in total. The Kier molecular flexibility index (Phi) is 15.8. The highest BCUT2D eigenvalue weighted by atomic mass is 16.7. The summed E-state index contributed by atoms with van der Waals surface area (Å²) in [5.41, 5.74) is 0. The summed E-state index contributed by atoms with van der Waals surface area (Å²) in [6, 6.07) is 0. The lowest BCUT2D eigenvalue weighted by Crippen LogP contribution is -2.65. The van der Waals surface area contributed by atoms with Crippen molar-refractivity contribution < 1.29 is 89.0 Å². The van der Waals surface area contributed by atoms with Crippen molar-refractivity contribution in [3.8, 4) is 0 Å². The molecule has 0 amide bonds. The van der Waals surface area contributed by atoms with Crippen molar-refractivity contribution in [2.45, 2.75) is 118 Å². The molecule has 0 spiro atoms. The molecule has 0 aromatic carbocycles. The number of morpholine rings is 2. The molecule has 0 aromatic heterocycles. The Labute approximate surface area is 301 Å². The Morgan fingerprint density at radius 1 is 0.596 bits per heavy atom. The average molecular weight is 759 g/mol. The number of aliphatic hydroxyl groups excluding tert-OH is 10. The summed E-state index contributed by atoms with van der Waals surface area (Å²) in [5, 5.41) is 105. The molecule has 0 saturated carbocycles. The van der Waals surface area contributed by atoms with Gasteiger partial charge in [-0.15, -0.1) is 0 Å². The molecule has 304 valence electrons. The lowest BCUT2D eigenvalue weighted by atomic mass is 9.89. The van der Waals surface area contributed by atoms with E-state index in [2.05, 4.69) is 9.80 Å². The van der Waals surface area contributed by atoms with Gasteiger partial charge < -0.3 is 89.0 Å². The van der Waals surface area contributed by atoms with E-state index in [0.29, 0.717) is 26.3 Å². The number of hydrogen-bond acceptors (Lipinski definition) is 20. The van der Waals surface area contributed by atoms with Crippen LogP contribution in [0.25, 0.3) is 0 Å². The first-order chi connectivity index (χ1) is 24.9. The Bertz CT molecular complexity index is 1060. The Morgan fingerprint density at radius 3 is 1.87 bits per heavy atom. The number of rotatable bonds is 14. The fraction of sp³-hybridized carbons (Fsp3) is 1.00. The van der Waals surface area contributed by atoms with Crippen LogP contribution in [0.3, 0.4) is 0 Å². The molecular formula is C32H58N2O18. The van der Waals surface area contributed by atoms with Gasteiger partial charge in [0.15, 0.2) is 18.9 Å². The summed E-state index contributed by atoms with van der Waals surface area (Å²) in [4.78, 5) is 4.33. The van der Waals surface area contributed by atoms with E-state index in [-0.39, 0.29) is 19.1 Å². The SMILES string of the molecule is CC(C)C1OC(COC2OC(CO)C(O)C(OC3CN(CCN4CCOCC4)CC(CO)O3)C2O)C(O)C(OC2OC(CO)C(O)C(O)C2O)C1O. The predicted molar refractivity (Wildman–Crippen MR) is 172 cm³/mol. The fourth-order valence-electron chi connectivity index (χ4n) is 7.21. The van der Waals surface area contributed by atoms with E-state index in [1.807, 2.05) is 0 Å². The first kappa shape index (κ1) is 42.3. The fourth-order valence-corrected chi connectivity index (χ4v) is 7.21. The monoisotopic (exact) mass is 758 g/mol. The van der Waals surface area contributed by atoms with Crippen molar-refractivity contribution in [3.05, 3.63) is 0 Å². The van der Waals surface area contributed by atoms with Crippen LogP contribution in [0.5, 0.6) is 0 Å². The summed E-state index contributed by atoms with van der Waals surface area (Å²) in [5.74, 6) is -0.333. The average Bonchev–Trinajstić information content (AvgIpc) is 3.14. The van der Waals surface area contributed by atoms with Crippen molar-refractivity contribution in [1.29, 1.82) is 0 Å². The summed E-state index contributed by atoms with van der Waals surface area (Å²) >= 11 is 0. The van der Waals surface area contributed by atoms with Crippen LogP contribution in [0, 0.1) is 5.92 Å². The molecule has 0 aliphatic carbocycles. The van der Waals surface area contributed by atoms with Crippen LogP contribution in [0.15, 0.2) is 0 Å². The minimum atomic E-state index is -1.80. The molecule has 0 bridgehead atoms. The van der Waals surface area contributed by atoms with E-state index in [1.54, 1.807) is 13.8 Å². The van der Waals surface area contributed by atoms with Crippen LogP contribution in [-0.2, 0) is 37.9 Å². The second-order valence-electron chi connectivity index (χ2n) is 14.4. The Balaban J connectivity index is 1.23. The first-order valence-electron chi connectivity index (χ1n) is 18.0. The standard InChI is InChI=1S/C32H58N2O18/c1-15(2)28-26(43)29(52-32-25(42)24(41)21(38)17(12-36)50-32)23(40)19(48-28)14-46-31-27(44)30(22(39)18(13-37)49-31)51-20-10-34(9-16(11-35)47-20)4-3-33-5-7-45-8-6-33/h15-32,35-44H,3-14H2,1-2H3. The number of aliphatic hydroxyl groups is 10. The maximum absolute atomic E-state index is 11.3. The zero-order valence-electron chi connectivity index (χ0n) is 29.5. The zero-order valence-corrected chi connectivity index (χ0v) is 29.5. The molecule has 52 heavy (non-hydrogen) atoms. The Hall–Kier alpha value is -0.800. The van der Waals surface area contributed by atoms with Gasteiger partial charge in [-0.1, -0.05) is 13.8 Å². The van der Waals surface area contributed by atoms with Gasteiger partial charge in [0.2, 0.25) is 0 Å². The summed E-state index contributed by atoms with van der Waals surface area (Å²) in [7, 11) is 0. The molecule has 5 heterocycles. The van der Waals surface area contributed by atoms with Gasteiger partial charge in [0.1, 0.15) is 73.2 Å². The smallest absolute Gasteiger partial charge is 0.187 e. The third kappa shape index (κ3) is 9.95. The summed E-state index contributed by atoms with van der Waals surface area (Å²) in [6.45, 7) is 6.44. The van der Waals surface area contributed by atoms with Gasteiger partial charge in [0.25, 0.3) is 0 Å². The summed E-state index contributed by atoms with van der Waals surface area (Å²) < 4.78 is 46.1. The maximum atomic E-state index is 11.3. The normalized spacial score (nSPS) is 45.8. The van der Waals surface area contributed by atoms with Crippen LogP contribution < -0.4 is 0 Å². The molecule has 20 heteroatoms. The highest BCUT2D eigenvalue weighted by molar-refractivity contribution is 4.97. The van der Waals surface area contributed by atoms with Gasteiger partial charge in [-0.3, -0.25) is 9.80 Å². The molecule has 5 aliphatic rings. The second-order valence-corrected chi connectivity index (χ2v) is 14.4. The molecule has 17 atom stereocenters. The van der Waals surface area contributed by atoms with E-state index in [1.165, 1.54) is 0 Å². The quantitative estimate of drug-likeness (QED) is 0.0788. The van der Waals surface area contributed by atoms with Gasteiger partial charge in [-0.05, 0) is 5.92 Å². The minimum absolute atomic E-state index is 0.268. The van der Waals surface area contributed by atoms with Crippen molar-refractivity contribution in [2.24, 2.45) is 5.92 Å². The molecule has 5 aliphatic heterocycles. The lowest BCUT2D eigenvalue weighted by molar-refractivity contribution is -0.354. The number of nitrogens with zero attached hydrogens (tertiary/aromatic N) is 2.